The molecule has 2 heterocycles. The number of likely N-dealkylation sites (tertiary alicyclic amines) is 1. The van der Waals surface area contributed by atoms with Crippen LogP contribution in [0, 0.1) is 0 Å². The number of carbonyl (C=O) groups excluding carboxylic acids is 1. The third-order valence-electron chi connectivity index (χ3n) is 5.21. The van der Waals surface area contributed by atoms with Crippen LogP contribution in [0.25, 0.3) is 0 Å². The lowest BCUT2D eigenvalue weighted by molar-refractivity contribution is -0.183. The Morgan fingerprint density at radius 3 is 2.68 bits per heavy atom. The van der Waals surface area contributed by atoms with Crippen molar-refractivity contribution in [3.8, 4) is 0 Å². The highest BCUT2D eigenvalue weighted by Gasteiger charge is 2.45. The fourth-order valence-electron chi connectivity index (χ4n) is 3.80. The molecule has 0 N–H and O–H groups in total. The van der Waals surface area contributed by atoms with Crippen molar-refractivity contribution in [1.82, 2.24) is 4.90 Å². The molecule has 2 aliphatic heterocycles. The predicted molar refractivity (Wildman–Crippen MR) is 85.3 cm³/mol. The van der Waals surface area contributed by atoms with Crippen LogP contribution >= 0.6 is 0 Å². The van der Waals surface area contributed by atoms with Gasteiger partial charge in [-0.25, -0.2) is 0 Å². The van der Waals surface area contributed by atoms with Crippen LogP contribution in [-0.2, 0) is 15.7 Å². The number of methoxy groups -OCH3 is 1. The van der Waals surface area contributed by atoms with Crippen molar-refractivity contribution >= 4 is 5.91 Å². The van der Waals surface area contributed by atoms with E-state index in [0.29, 0.717) is 32.5 Å². The zero-order valence-corrected chi connectivity index (χ0v) is 14.1. The minimum Gasteiger partial charge on any atom is -0.378 e. The molecule has 2 fully saturated rings. The second-order valence-corrected chi connectivity index (χ2v) is 6.65. The quantitative estimate of drug-likeness (QED) is 0.813. The molecule has 0 aromatic heterocycles. The number of amides is 1. The fourth-order valence-corrected chi connectivity index (χ4v) is 3.80. The molecule has 2 saturated heterocycles. The van der Waals surface area contributed by atoms with Crippen LogP contribution in [0.2, 0.25) is 0 Å². The van der Waals surface area contributed by atoms with Gasteiger partial charge in [-0.3, -0.25) is 4.79 Å². The van der Waals surface area contributed by atoms with Crippen LogP contribution in [0.15, 0.2) is 24.3 Å². The molecule has 1 aromatic rings. The Bertz CT molecular complexity index is 624. The van der Waals surface area contributed by atoms with Gasteiger partial charge in [0.05, 0.1) is 17.3 Å². The lowest BCUT2D eigenvalue weighted by Gasteiger charge is -2.48. The van der Waals surface area contributed by atoms with Gasteiger partial charge in [0.15, 0.2) is 0 Å². The molecule has 4 nitrogen and oxygen atoms in total. The number of rotatable bonds is 2. The van der Waals surface area contributed by atoms with Crippen molar-refractivity contribution in [3.63, 3.8) is 0 Å². The summed E-state index contributed by atoms with van der Waals surface area (Å²) in [6.07, 6.45) is -1.30. The van der Waals surface area contributed by atoms with E-state index < -0.39 is 11.7 Å². The fraction of sp³-hybridized carbons (Fsp3) is 0.611. The predicted octanol–water partition coefficient (Wildman–Crippen LogP) is 3.51. The molecular formula is C18H22F3NO3. The topological polar surface area (TPSA) is 38.8 Å². The van der Waals surface area contributed by atoms with E-state index in [1.165, 1.54) is 12.1 Å². The maximum atomic E-state index is 12.8. The van der Waals surface area contributed by atoms with Gasteiger partial charge < -0.3 is 14.4 Å². The Balaban J connectivity index is 1.70. The highest BCUT2D eigenvalue weighted by molar-refractivity contribution is 5.94. The van der Waals surface area contributed by atoms with Gasteiger partial charge in [-0.1, -0.05) is 6.07 Å². The minimum atomic E-state index is -4.45. The van der Waals surface area contributed by atoms with Gasteiger partial charge in [0.2, 0.25) is 0 Å². The van der Waals surface area contributed by atoms with E-state index in [-0.39, 0.29) is 23.2 Å². The minimum absolute atomic E-state index is 0.00654. The average molecular weight is 357 g/mol. The lowest BCUT2D eigenvalue weighted by Crippen LogP contribution is -2.56. The van der Waals surface area contributed by atoms with Gasteiger partial charge in [-0.15, -0.1) is 0 Å². The number of hydrogen-bond acceptors (Lipinski definition) is 3. The molecule has 1 amide bonds. The van der Waals surface area contributed by atoms with Crippen molar-refractivity contribution < 1.29 is 27.4 Å². The van der Waals surface area contributed by atoms with Crippen molar-refractivity contribution in [2.24, 2.45) is 0 Å². The summed E-state index contributed by atoms with van der Waals surface area (Å²) in [6.45, 7) is 1.59. The van der Waals surface area contributed by atoms with Crippen LogP contribution in [0.3, 0.4) is 0 Å². The number of carbonyl (C=O) groups is 1. The first kappa shape index (κ1) is 18.2. The Kier molecular flexibility index (Phi) is 5.06. The van der Waals surface area contributed by atoms with Crippen LogP contribution in [0.4, 0.5) is 13.2 Å². The van der Waals surface area contributed by atoms with Gasteiger partial charge in [-0.2, -0.15) is 13.2 Å². The number of alkyl halides is 3. The Hall–Kier alpha value is -1.60. The summed E-state index contributed by atoms with van der Waals surface area (Å²) in [6, 6.07) is 4.59. The maximum absolute atomic E-state index is 12.8. The first-order valence-electron chi connectivity index (χ1n) is 8.49. The summed E-state index contributed by atoms with van der Waals surface area (Å²) >= 11 is 0. The van der Waals surface area contributed by atoms with E-state index in [1.54, 1.807) is 12.0 Å². The summed E-state index contributed by atoms with van der Waals surface area (Å²) in [4.78, 5) is 14.2. The SMILES string of the molecule is COC1CCCOC12CCN(C(=O)c1cccc(C(F)(F)F)c1)CC2. The zero-order chi connectivity index (χ0) is 18.1. The summed E-state index contributed by atoms with van der Waals surface area (Å²) in [5.74, 6) is -0.370. The number of halogens is 3. The van der Waals surface area contributed by atoms with Crippen LogP contribution in [0.1, 0.15) is 41.6 Å². The van der Waals surface area contributed by atoms with Gasteiger partial charge in [0.1, 0.15) is 0 Å². The monoisotopic (exact) mass is 357 g/mol. The van der Waals surface area contributed by atoms with Gasteiger partial charge >= 0.3 is 6.18 Å². The molecule has 7 heteroatoms. The first-order valence-corrected chi connectivity index (χ1v) is 8.49. The molecule has 1 aromatic carbocycles. The number of ether oxygens (including phenoxy) is 2. The third kappa shape index (κ3) is 3.67. The Labute approximate surface area is 144 Å². The molecule has 0 radical (unpaired) electrons. The first-order chi connectivity index (χ1) is 11.9. The molecule has 25 heavy (non-hydrogen) atoms. The van der Waals surface area contributed by atoms with Gasteiger partial charge in [-0.05, 0) is 43.9 Å². The Morgan fingerprint density at radius 1 is 1.32 bits per heavy atom. The van der Waals surface area contributed by atoms with Crippen LogP contribution < -0.4 is 0 Å². The molecular weight excluding hydrogens is 335 g/mol. The molecule has 1 spiro atoms. The molecule has 1 unspecified atom stereocenters. The van der Waals surface area contributed by atoms with Gasteiger partial charge in [0, 0.05) is 32.4 Å². The van der Waals surface area contributed by atoms with Crippen molar-refractivity contribution in [3.05, 3.63) is 35.4 Å². The standard InChI is InChI=1S/C18H22F3NO3/c1-24-15-6-3-11-25-17(15)7-9-22(10-8-17)16(23)13-4-2-5-14(12-13)18(19,20)21/h2,4-5,12,15H,3,6-11H2,1H3. The number of hydrogen-bond donors (Lipinski definition) is 0. The Morgan fingerprint density at radius 2 is 2.04 bits per heavy atom. The molecule has 0 saturated carbocycles. The number of piperidine rings is 1. The molecule has 0 aliphatic carbocycles. The number of nitrogens with zero attached hydrogens (tertiary/aromatic N) is 1. The molecule has 1 atom stereocenters. The summed E-state index contributed by atoms with van der Waals surface area (Å²) < 4.78 is 50.1. The van der Waals surface area contributed by atoms with Crippen molar-refractivity contribution in [2.45, 2.75) is 43.6 Å². The maximum Gasteiger partial charge on any atom is 0.416 e. The van der Waals surface area contributed by atoms with E-state index in [4.69, 9.17) is 9.47 Å². The number of benzene rings is 1. The summed E-state index contributed by atoms with van der Waals surface area (Å²) in [7, 11) is 1.67. The normalized spacial score (nSPS) is 23.7. The van der Waals surface area contributed by atoms with Crippen LogP contribution in [0.5, 0.6) is 0 Å². The molecule has 138 valence electrons. The highest BCUT2D eigenvalue weighted by atomic mass is 19.4. The largest absolute Gasteiger partial charge is 0.416 e. The van der Waals surface area contributed by atoms with Crippen LogP contribution in [-0.4, -0.2) is 49.3 Å². The van der Waals surface area contributed by atoms with E-state index in [9.17, 15) is 18.0 Å². The zero-order valence-electron chi connectivity index (χ0n) is 14.1. The van der Waals surface area contributed by atoms with E-state index in [2.05, 4.69) is 0 Å². The van der Waals surface area contributed by atoms with E-state index in [0.717, 1.165) is 25.0 Å². The van der Waals surface area contributed by atoms with Crippen molar-refractivity contribution in [2.75, 3.05) is 26.8 Å². The summed E-state index contributed by atoms with van der Waals surface area (Å²) in [5.41, 5.74) is -1.11. The highest BCUT2D eigenvalue weighted by Crippen LogP contribution is 2.37. The molecule has 2 aliphatic rings. The van der Waals surface area contributed by atoms with E-state index in [1.807, 2.05) is 0 Å². The smallest absolute Gasteiger partial charge is 0.378 e. The third-order valence-corrected chi connectivity index (χ3v) is 5.21. The molecule has 3 rings (SSSR count). The average Bonchev–Trinajstić information content (AvgIpc) is 2.62. The summed E-state index contributed by atoms with van der Waals surface area (Å²) in [5, 5.41) is 0. The second kappa shape index (κ2) is 6.96. The van der Waals surface area contributed by atoms with Crippen molar-refractivity contribution in [1.29, 1.82) is 0 Å². The second-order valence-electron chi connectivity index (χ2n) is 6.65. The van der Waals surface area contributed by atoms with E-state index >= 15 is 0 Å². The van der Waals surface area contributed by atoms with Gasteiger partial charge in [0.25, 0.3) is 5.91 Å². The molecule has 0 bridgehead atoms. The lowest BCUT2D eigenvalue weighted by atomic mass is 9.81.